The van der Waals surface area contributed by atoms with Crippen LogP contribution in [-0.4, -0.2) is 59.3 Å². The van der Waals surface area contributed by atoms with Gasteiger partial charge in [0.25, 0.3) is 0 Å². The number of ether oxygens (including phenoxy) is 2. The predicted octanol–water partition coefficient (Wildman–Crippen LogP) is 5.40. The molecule has 0 bridgehead atoms. The van der Waals surface area contributed by atoms with E-state index in [-0.39, 0.29) is 47.5 Å². The molecule has 2 amide bonds. The van der Waals surface area contributed by atoms with E-state index >= 15 is 0 Å². The molecule has 2 aliphatic heterocycles. The zero-order chi connectivity index (χ0) is 27.6. The minimum Gasteiger partial charge on any atom is -0.507 e. The van der Waals surface area contributed by atoms with Gasteiger partial charge in [-0.3, -0.25) is 19.5 Å². The second kappa shape index (κ2) is 11.7. The monoisotopic (exact) mass is 542 g/mol. The average Bonchev–Trinajstić information content (AvgIpc) is 3.51. The van der Waals surface area contributed by atoms with Crippen molar-refractivity contribution in [3.05, 3.63) is 71.1 Å². The van der Waals surface area contributed by atoms with Crippen LogP contribution in [0, 0.1) is 17.8 Å². The van der Waals surface area contributed by atoms with Crippen molar-refractivity contribution in [1.82, 2.24) is 9.88 Å². The van der Waals surface area contributed by atoms with Crippen molar-refractivity contribution in [2.24, 2.45) is 17.8 Å². The first-order valence-corrected chi connectivity index (χ1v) is 14.7. The lowest BCUT2D eigenvalue weighted by molar-refractivity contribution is -0.143. The summed E-state index contributed by atoms with van der Waals surface area (Å²) in [6.45, 7) is 0.897. The highest BCUT2D eigenvalue weighted by molar-refractivity contribution is 6.06. The van der Waals surface area contributed by atoms with Crippen LogP contribution >= 0.6 is 0 Å². The van der Waals surface area contributed by atoms with E-state index in [0.29, 0.717) is 32.5 Å². The number of para-hydroxylation sites is 1. The Labute approximate surface area is 235 Å². The summed E-state index contributed by atoms with van der Waals surface area (Å²) in [7, 11) is 1.68. The largest absolute Gasteiger partial charge is 0.507 e. The quantitative estimate of drug-likeness (QED) is 0.355. The highest BCUT2D eigenvalue weighted by Crippen LogP contribution is 2.51. The fourth-order valence-electron chi connectivity index (χ4n) is 7.41. The Bertz CT molecular complexity index is 1310. The number of aromatic nitrogens is 1. The van der Waals surface area contributed by atoms with E-state index in [1.807, 2.05) is 42.5 Å². The van der Waals surface area contributed by atoms with Crippen LogP contribution in [-0.2, 0) is 19.1 Å². The molecule has 1 N–H and O–H groups in total. The van der Waals surface area contributed by atoms with Gasteiger partial charge in [-0.1, -0.05) is 43.5 Å². The number of rotatable bonds is 8. The standard InChI is InChI=1S/C33H38N2O5/c1-39-19-23-18-25-31(33(38)35(32(25)37)24-10-3-2-4-11-24)26-20-40-29(30(23)26)15-14-21(27-12-7-8-16-34-27)17-22-9-5-6-13-28(22)36/h5-9,12-13,16-17,24-26,29,31,36H,2-4,10-11,14-15,18-20H2,1H3/b21-17-/t25-,26+,29-,31-/m1/s1. The minimum atomic E-state index is -0.331. The molecule has 1 aromatic carbocycles. The lowest BCUT2D eigenvalue weighted by Crippen LogP contribution is -2.42. The summed E-state index contributed by atoms with van der Waals surface area (Å²) in [5.74, 6) is -0.467. The summed E-state index contributed by atoms with van der Waals surface area (Å²) in [4.78, 5) is 33.6. The third-order valence-corrected chi connectivity index (χ3v) is 9.24. The molecule has 0 unspecified atom stereocenters. The summed E-state index contributed by atoms with van der Waals surface area (Å²) < 4.78 is 12.0. The molecule has 2 aliphatic carbocycles. The van der Waals surface area contributed by atoms with E-state index in [0.717, 1.165) is 53.7 Å². The Morgan fingerprint density at radius 1 is 1.07 bits per heavy atom. The number of allylic oxidation sites excluding steroid dienone is 1. The molecule has 210 valence electrons. The Hall–Kier alpha value is -3.29. The molecule has 7 nitrogen and oxygen atoms in total. The fraction of sp³-hybridized carbons (Fsp3) is 0.485. The molecule has 4 aliphatic rings. The Morgan fingerprint density at radius 2 is 1.88 bits per heavy atom. The van der Waals surface area contributed by atoms with Crippen molar-refractivity contribution < 1.29 is 24.2 Å². The topological polar surface area (TPSA) is 89.0 Å². The van der Waals surface area contributed by atoms with Gasteiger partial charge in [-0.05, 0) is 73.1 Å². The van der Waals surface area contributed by atoms with Gasteiger partial charge in [0.2, 0.25) is 11.8 Å². The van der Waals surface area contributed by atoms with Crippen molar-refractivity contribution in [2.45, 2.75) is 63.5 Å². The predicted molar refractivity (Wildman–Crippen MR) is 152 cm³/mol. The van der Waals surface area contributed by atoms with Crippen molar-refractivity contribution in [1.29, 1.82) is 0 Å². The van der Waals surface area contributed by atoms with Gasteiger partial charge >= 0.3 is 0 Å². The van der Waals surface area contributed by atoms with Gasteiger partial charge in [-0.25, -0.2) is 0 Å². The van der Waals surface area contributed by atoms with Crippen molar-refractivity contribution in [3.63, 3.8) is 0 Å². The van der Waals surface area contributed by atoms with Crippen LogP contribution in [0.5, 0.6) is 5.75 Å². The minimum absolute atomic E-state index is 0.0127. The molecule has 40 heavy (non-hydrogen) atoms. The number of aromatic hydroxyl groups is 1. The molecular formula is C33H38N2O5. The number of imide groups is 1. The van der Waals surface area contributed by atoms with E-state index in [9.17, 15) is 14.7 Å². The van der Waals surface area contributed by atoms with Crippen molar-refractivity contribution in [2.75, 3.05) is 20.3 Å². The number of likely N-dealkylation sites (tertiary alicyclic amines) is 1. The van der Waals surface area contributed by atoms with Gasteiger partial charge in [0.1, 0.15) is 5.75 Å². The molecule has 6 rings (SSSR count). The molecule has 0 spiro atoms. The maximum absolute atomic E-state index is 13.8. The number of carbonyl (C=O) groups excluding carboxylic acids is 2. The Balaban J connectivity index is 1.26. The zero-order valence-electron chi connectivity index (χ0n) is 23.1. The third kappa shape index (κ3) is 5.01. The van der Waals surface area contributed by atoms with Crippen molar-refractivity contribution >= 4 is 23.5 Å². The second-order valence-corrected chi connectivity index (χ2v) is 11.6. The van der Waals surface area contributed by atoms with E-state index in [1.54, 1.807) is 24.3 Å². The maximum atomic E-state index is 13.8. The number of phenols is 1. The number of hydrogen-bond donors (Lipinski definition) is 1. The number of carbonyl (C=O) groups is 2. The van der Waals surface area contributed by atoms with Crippen LogP contribution < -0.4 is 0 Å². The zero-order valence-corrected chi connectivity index (χ0v) is 23.1. The average molecular weight is 543 g/mol. The number of methoxy groups -OCH3 is 1. The van der Waals surface area contributed by atoms with Gasteiger partial charge in [0.05, 0.1) is 36.8 Å². The van der Waals surface area contributed by atoms with Gasteiger partial charge in [-0.15, -0.1) is 0 Å². The van der Waals surface area contributed by atoms with Gasteiger partial charge in [0.15, 0.2) is 0 Å². The fourth-order valence-corrected chi connectivity index (χ4v) is 7.41. The first-order chi connectivity index (χ1) is 19.6. The number of phenolic OH excluding ortho intramolecular Hbond substituents is 1. The van der Waals surface area contributed by atoms with Gasteiger partial charge in [-0.2, -0.15) is 0 Å². The van der Waals surface area contributed by atoms with E-state index in [1.165, 1.54) is 6.42 Å². The maximum Gasteiger partial charge on any atom is 0.234 e. The summed E-state index contributed by atoms with van der Waals surface area (Å²) in [5, 5.41) is 10.4. The molecule has 3 heterocycles. The smallest absolute Gasteiger partial charge is 0.234 e. The molecule has 7 heteroatoms. The number of benzene rings is 1. The molecule has 3 fully saturated rings. The van der Waals surface area contributed by atoms with E-state index in [2.05, 4.69) is 4.98 Å². The molecule has 1 saturated carbocycles. The van der Waals surface area contributed by atoms with Gasteiger partial charge < -0.3 is 14.6 Å². The van der Waals surface area contributed by atoms with Crippen LogP contribution in [0.4, 0.5) is 0 Å². The third-order valence-electron chi connectivity index (χ3n) is 9.24. The highest BCUT2D eigenvalue weighted by atomic mass is 16.5. The number of pyridine rings is 1. The lowest BCUT2D eigenvalue weighted by atomic mass is 9.69. The number of hydrogen-bond acceptors (Lipinski definition) is 6. The van der Waals surface area contributed by atoms with Gasteiger partial charge in [0, 0.05) is 30.8 Å². The molecule has 0 radical (unpaired) electrons. The lowest BCUT2D eigenvalue weighted by Gasteiger charge is -2.31. The SMILES string of the molecule is COCC1=C2[C@@H](CC/C(=C/c3ccccc3O)c3ccccn3)OC[C@@H]2[C@@H]2C(=O)N(C3CCCCC3)C(=O)[C@@H]2C1. The molecule has 2 aromatic rings. The Morgan fingerprint density at radius 3 is 2.62 bits per heavy atom. The molecule has 4 atom stereocenters. The molecule has 2 saturated heterocycles. The number of nitrogens with zero attached hydrogens (tertiary/aromatic N) is 2. The van der Waals surface area contributed by atoms with Crippen LogP contribution in [0.3, 0.4) is 0 Å². The number of fused-ring (bicyclic) bond motifs is 3. The summed E-state index contributed by atoms with van der Waals surface area (Å²) in [5.41, 5.74) is 4.89. The van der Waals surface area contributed by atoms with E-state index < -0.39 is 0 Å². The van der Waals surface area contributed by atoms with Crippen LogP contribution in [0.2, 0.25) is 0 Å². The van der Waals surface area contributed by atoms with Crippen LogP contribution in [0.15, 0.2) is 59.8 Å². The normalized spacial score (nSPS) is 27.3. The summed E-state index contributed by atoms with van der Waals surface area (Å²) >= 11 is 0. The first kappa shape index (κ1) is 26.9. The second-order valence-electron chi connectivity index (χ2n) is 11.6. The first-order valence-electron chi connectivity index (χ1n) is 14.7. The van der Waals surface area contributed by atoms with Crippen LogP contribution in [0.1, 0.15) is 62.6 Å². The summed E-state index contributed by atoms with van der Waals surface area (Å²) in [6.07, 6.45) is 10.8. The molecular weight excluding hydrogens is 504 g/mol. The number of amides is 2. The van der Waals surface area contributed by atoms with E-state index in [4.69, 9.17) is 9.47 Å². The summed E-state index contributed by atoms with van der Waals surface area (Å²) in [6, 6.07) is 13.2. The molecule has 1 aromatic heterocycles. The highest BCUT2D eigenvalue weighted by Gasteiger charge is 2.58. The Kier molecular flexibility index (Phi) is 7.85. The van der Waals surface area contributed by atoms with Crippen LogP contribution in [0.25, 0.3) is 11.6 Å². The van der Waals surface area contributed by atoms with Crippen molar-refractivity contribution in [3.8, 4) is 5.75 Å².